The summed E-state index contributed by atoms with van der Waals surface area (Å²) in [7, 11) is 0. The van der Waals surface area contributed by atoms with Gasteiger partial charge in [-0.1, -0.05) is 231 Å². The first-order valence-electron chi connectivity index (χ1n) is 26.7. The van der Waals surface area contributed by atoms with Crippen LogP contribution < -0.4 is 4.90 Å². The number of fused-ring (bicyclic) bond motifs is 27. The number of benzene rings is 13. The van der Waals surface area contributed by atoms with Crippen molar-refractivity contribution in [1.29, 1.82) is 0 Å². The van der Waals surface area contributed by atoms with Crippen molar-refractivity contribution in [3.05, 3.63) is 311 Å². The average Bonchev–Trinajstić information content (AvgIpc) is 3.93. The monoisotopic (exact) mass is 960 g/mol. The molecule has 0 radical (unpaired) electrons. The number of nitrogens with zero attached hydrogens (tertiary/aromatic N) is 2. The van der Waals surface area contributed by atoms with E-state index < -0.39 is 10.8 Å². The smallest absolute Gasteiger partial charge is 0.0755 e. The second-order valence-electron chi connectivity index (χ2n) is 21.3. The lowest BCUT2D eigenvalue weighted by molar-refractivity contribution is 0.748. The Bertz CT molecular complexity index is 4870. The maximum Gasteiger partial charge on any atom is 0.0755 e. The molecule has 2 spiro atoms. The molecular weight excluding hydrogens is 917 g/mol. The predicted octanol–water partition coefficient (Wildman–Crippen LogP) is 18.7. The molecule has 0 N–H and O–H groups in total. The summed E-state index contributed by atoms with van der Waals surface area (Å²) < 4.78 is 2.54. The molecular formula is C74H44N2. The highest BCUT2D eigenvalue weighted by Crippen LogP contribution is 2.67. The number of hydrogen-bond donors (Lipinski definition) is 0. The van der Waals surface area contributed by atoms with Gasteiger partial charge in [-0.15, -0.1) is 0 Å². The molecule has 2 heteroatoms. The molecule has 18 rings (SSSR count). The Morgan fingerprint density at radius 1 is 0.276 bits per heavy atom. The minimum Gasteiger partial charge on any atom is -0.309 e. The van der Waals surface area contributed by atoms with E-state index in [9.17, 15) is 0 Å². The van der Waals surface area contributed by atoms with Crippen LogP contribution in [0.25, 0.3) is 93.2 Å². The van der Waals surface area contributed by atoms with Gasteiger partial charge in [0.1, 0.15) is 0 Å². The molecule has 0 amide bonds. The fourth-order valence-corrected chi connectivity index (χ4v) is 15.4. The summed E-state index contributed by atoms with van der Waals surface area (Å²) in [4.78, 5) is 2.64. The molecule has 1 unspecified atom stereocenters. The molecule has 14 aromatic rings. The zero-order valence-corrected chi connectivity index (χ0v) is 41.3. The lowest BCUT2D eigenvalue weighted by atomic mass is 9.65. The Kier molecular flexibility index (Phi) is 7.77. The number of para-hydroxylation sites is 3. The number of anilines is 3. The van der Waals surface area contributed by atoms with Crippen molar-refractivity contribution < 1.29 is 0 Å². The van der Waals surface area contributed by atoms with Gasteiger partial charge in [-0.05, 0) is 136 Å². The first-order chi connectivity index (χ1) is 37.7. The molecule has 0 fully saturated rings. The summed E-state index contributed by atoms with van der Waals surface area (Å²) in [5.41, 5.74) is 24.3. The van der Waals surface area contributed by atoms with Crippen molar-refractivity contribution in [3.63, 3.8) is 0 Å². The molecule has 0 bridgehead atoms. The van der Waals surface area contributed by atoms with Crippen LogP contribution in [0.5, 0.6) is 0 Å². The van der Waals surface area contributed by atoms with Crippen LogP contribution >= 0.6 is 0 Å². The molecule has 76 heavy (non-hydrogen) atoms. The SMILES string of the molecule is c1ccc2c(c1)-c1ccccc1C21c2ccccc2-c2c1cc(N(c1ccc3c(ccc4ccccc43)c1)c1cccc3c1-c1ccccc1C31c3ccccc3-n3c4ccccc4c4cccc1c43)c1ccccc21. The van der Waals surface area contributed by atoms with E-state index in [4.69, 9.17) is 0 Å². The first-order valence-corrected chi connectivity index (χ1v) is 26.7. The number of aromatic nitrogens is 1. The Labute approximate surface area is 439 Å². The second-order valence-corrected chi connectivity index (χ2v) is 21.3. The highest BCUT2D eigenvalue weighted by atomic mass is 15.1. The summed E-state index contributed by atoms with van der Waals surface area (Å²) in [6, 6.07) is 102. The molecule has 1 aromatic heterocycles. The maximum absolute atomic E-state index is 2.64. The Hall–Kier alpha value is -9.76. The maximum atomic E-state index is 2.64. The standard InChI is InChI=1S/C74H44N2/c1-2-20-48-45(19-1)39-40-46-43-47(41-42-49(46)48)75(69-44-65-70(54-25-4-3-23-52(54)69)56-26-7-12-31-60(56)73(65)58-29-10-5-21-50(58)51-22-6-11-30-59(51)73)68-38-18-34-63-71(68)57-27-8-13-32-61(57)74(63)62-33-14-16-37-67(62)76-66-36-15-9-24-53(66)55-28-17-35-64(74)72(55)76/h1-44H. The highest BCUT2D eigenvalue weighted by molar-refractivity contribution is 6.16. The van der Waals surface area contributed by atoms with Crippen molar-refractivity contribution in [2.75, 3.05) is 4.90 Å². The Morgan fingerprint density at radius 3 is 1.55 bits per heavy atom. The summed E-state index contributed by atoms with van der Waals surface area (Å²) in [6.45, 7) is 0. The van der Waals surface area contributed by atoms with E-state index in [1.54, 1.807) is 0 Å². The molecule has 0 saturated carbocycles. The van der Waals surface area contributed by atoms with Crippen molar-refractivity contribution >= 4 is 71.2 Å². The van der Waals surface area contributed by atoms with Crippen molar-refractivity contribution in [2.45, 2.75) is 10.8 Å². The molecule has 2 nitrogen and oxygen atoms in total. The van der Waals surface area contributed by atoms with Gasteiger partial charge < -0.3 is 9.47 Å². The molecule has 2 heterocycles. The van der Waals surface area contributed by atoms with Gasteiger partial charge >= 0.3 is 0 Å². The summed E-state index contributed by atoms with van der Waals surface area (Å²) in [6.07, 6.45) is 0. The summed E-state index contributed by atoms with van der Waals surface area (Å²) >= 11 is 0. The lowest BCUT2D eigenvalue weighted by Crippen LogP contribution is -2.33. The van der Waals surface area contributed by atoms with Gasteiger partial charge in [-0.25, -0.2) is 0 Å². The number of rotatable bonds is 3. The molecule has 3 aliphatic carbocycles. The van der Waals surface area contributed by atoms with Crippen LogP contribution in [0, 0.1) is 0 Å². The van der Waals surface area contributed by atoms with Crippen LogP contribution in [-0.4, -0.2) is 4.57 Å². The third kappa shape index (κ3) is 4.76. The van der Waals surface area contributed by atoms with Gasteiger partial charge in [0.25, 0.3) is 0 Å². The van der Waals surface area contributed by atoms with Gasteiger partial charge in [-0.2, -0.15) is 0 Å². The first kappa shape index (κ1) is 40.7. The van der Waals surface area contributed by atoms with E-state index in [2.05, 4.69) is 276 Å². The molecule has 1 atom stereocenters. The van der Waals surface area contributed by atoms with Crippen LogP contribution in [0.1, 0.15) is 44.5 Å². The quantitative estimate of drug-likeness (QED) is 0.160. The van der Waals surface area contributed by atoms with E-state index in [1.165, 1.54) is 138 Å². The predicted molar refractivity (Wildman–Crippen MR) is 315 cm³/mol. The largest absolute Gasteiger partial charge is 0.309 e. The van der Waals surface area contributed by atoms with E-state index in [0.717, 1.165) is 17.1 Å². The zero-order chi connectivity index (χ0) is 49.4. The molecule has 1 aliphatic heterocycles. The second kappa shape index (κ2) is 14.5. The Balaban J connectivity index is 0.992. The summed E-state index contributed by atoms with van der Waals surface area (Å²) in [5, 5.41) is 9.99. The van der Waals surface area contributed by atoms with E-state index in [1.807, 2.05) is 0 Å². The Morgan fingerprint density at radius 2 is 0.789 bits per heavy atom. The summed E-state index contributed by atoms with van der Waals surface area (Å²) in [5.74, 6) is 0. The van der Waals surface area contributed by atoms with Gasteiger partial charge in [-0.3, -0.25) is 0 Å². The molecule has 350 valence electrons. The minimum absolute atomic E-state index is 0.538. The van der Waals surface area contributed by atoms with E-state index in [0.29, 0.717) is 0 Å². The normalized spacial score (nSPS) is 15.5. The van der Waals surface area contributed by atoms with Gasteiger partial charge in [0.2, 0.25) is 0 Å². The average molecular weight is 961 g/mol. The topological polar surface area (TPSA) is 8.17 Å². The third-order valence-corrected chi connectivity index (χ3v) is 18.1. The van der Waals surface area contributed by atoms with Gasteiger partial charge in [0, 0.05) is 27.4 Å². The van der Waals surface area contributed by atoms with Gasteiger partial charge in [0.15, 0.2) is 0 Å². The molecule has 13 aromatic carbocycles. The zero-order valence-electron chi connectivity index (χ0n) is 41.3. The van der Waals surface area contributed by atoms with Crippen LogP contribution in [0.3, 0.4) is 0 Å². The van der Waals surface area contributed by atoms with Gasteiger partial charge in [0.05, 0.1) is 38.9 Å². The lowest BCUT2D eigenvalue weighted by Gasteiger charge is -2.39. The van der Waals surface area contributed by atoms with Crippen LogP contribution in [0.15, 0.2) is 267 Å². The fraction of sp³-hybridized carbons (Fsp3) is 0.0270. The minimum atomic E-state index is -0.612. The van der Waals surface area contributed by atoms with Crippen molar-refractivity contribution in [3.8, 4) is 39.1 Å². The van der Waals surface area contributed by atoms with Crippen LogP contribution in [-0.2, 0) is 10.8 Å². The molecule has 4 aliphatic rings. The van der Waals surface area contributed by atoms with Crippen molar-refractivity contribution in [1.82, 2.24) is 4.57 Å². The van der Waals surface area contributed by atoms with Crippen LogP contribution in [0.4, 0.5) is 17.1 Å². The highest BCUT2D eigenvalue weighted by Gasteiger charge is 2.54. The molecule has 0 saturated heterocycles. The van der Waals surface area contributed by atoms with Crippen molar-refractivity contribution in [2.24, 2.45) is 0 Å². The third-order valence-electron chi connectivity index (χ3n) is 18.1. The van der Waals surface area contributed by atoms with E-state index >= 15 is 0 Å². The number of hydrogen-bond acceptors (Lipinski definition) is 1. The van der Waals surface area contributed by atoms with Crippen LogP contribution in [0.2, 0.25) is 0 Å². The van der Waals surface area contributed by atoms with E-state index in [-0.39, 0.29) is 0 Å². The fourth-order valence-electron chi connectivity index (χ4n) is 15.4.